The van der Waals surface area contributed by atoms with Crippen LogP contribution in [-0.2, 0) is 6.42 Å². The number of benzene rings is 1. The maximum atomic E-state index is 9.72. The third kappa shape index (κ3) is 3.44. The van der Waals surface area contributed by atoms with E-state index in [4.69, 9.17) is 10.5 Å². The summed E-state index contributed by atoms with van der Waals surface area (Å²) in [6.07, 6.45) is 0.716. The summed E-state index contributed by atoms with van der Waals surface area (Å²) in [6, 6.07) is 5.30. The molecule has 1 atom stereocenters. The van der Waals surface area contributed by atoms with Crippen LogP contribution in [0.4, 0.5) is 0 Å². The lowest BCUT2D eigenvalue weighted by molar-refractivity contribution is 0.238. The van der Waals surface area contributed by atoms with Gasteiger partial charge in [-0.25, -0.2) is 0 Å². The highest BCUT2D eigenvalue weighted by atomic mass is 16.5. The lowest BCUT2D eigenvalue weighted by atomic mass is 10.1. The number of aromatic hydroxyl groups is 1. The molecule has 0 aliphatic heterocycles. The van der Waals surface area contributed by atoms with Gasteiger partial charge in [-0.3, -0.25) is 0 Å². The van der Waals surface area contributed by atoms with Gasteiger partial charge in [0.2, 0.25) is 0 Å². The van der Waals surface area contributed by atoms with E-state index in [0.717, 1.165) is 11.3 Å². The van der Waals surface area contributed by atoms with Crippen LogP contribution in [0.15, 0.2) is 18.2 Å². The predicted molar refractivity (Wildman–Crippen MR) is 61.2 cm³/mol. The molecule has 1 aromatic rings. The van der Waals surface area contributed by atoms with Crippen molar-refractivity contribution in [3.63, 3.8) is 0 Å². The van der Waals surface area contributed by atoms with Crippen LogP contribution in [0.3, 0.4) is 0 Å². The first-order valence-corrected chi connectivity index (χ1v) is 5.23. The van der Waals surface area contributed by atoms with Crippen LogP contribution >= 0.6 is 0 Å². The van der Waals surface area contributed by atoms with E-state index < -0.39 is 0 Å². The summed E-state index contributed by atoms with van der Waals surface area (Å²) in [5, 5.41) is 9.72. The Labute approximate surface area is 90.9 Å². The van der Waals surface area contributed by atoms with Crippen LogP contribution in [0.2, 0.25) is 0 Å². The fourth-order valence-corrected chi connectivity index (χ4v) is 1.45. The summed E-state index contributed by atoms with van der Waals surface area (Å²) in [7, 11) is 0. The van der Waals surface area contributed by atoms with Crippen LogP contribution < -0.4 is 10.5 Å². The standard InChI is InChI=1S/C12H19NO2/c1-8(2)15-12-6-4-5-11(14)10(12)7-9(3)13/h4-6,8-9,14H,7,13H2,1-3H3. The smallest absolute Gasteiger partial charge is 0.126 e. The van der Waals surface area contributed by atoms with Gasteiger partial charge < -0.3 is 15.6 Å². The van der Waals surface area contributed by atoms with Crippen molar-refractivity contribution in [3.05, 3.63) is 23.8 Å². The van der Waals surface area contributed by atoms with Crippen molar-refractivity contribution >= 4 is 0 Å². The van der Waals surface area contributed by atoms with Gasteiger partial charge in [0.25, 0.3) is 0 Å². The summed E-state index contributed by atoms with van der Waals surface area (Å²) in [4.78, 5) is 0. The summed E-state index contributed by atoms with van der Waals surface area (Å²) in [5.74, 6) is 0.979. The van der Waals surface area contributed by atoms with Crippen molar-refractivity contribution in [2.24, 2.45) is 5.73 Å². The van der Waals surface area contributed by atoms with E-state index >= 15 is 0 Å². The van der Waals surface area contributed by atoms with Crippen molar-refractivity contribution in [2.45, 2.75) is 39.3 Å². The van der Waals surface area contributed by atoms with Gasteiger partial charge in [0.15, 0.2) is 0 Å². The number of nitrogens with two attached hydrogens (primary N) is 1. The molecule has 0 radical (unpaired) electrons. The summed E-state index contributed by atoms with van der Waals surface area (Å²) < 4.78 is 5.61. The Balaban J connectivity index is 2.97. The number of phenols is 1. The molecule has 1 unspecified atom stereocenters. The van der Waals surface area contributed by atoms with E-state index in [-0.39, 0.29) is 17.9 Å². The molecule has 0 saturated carbocycles. The zero-order valence-corrected chi connectivity index (χ0v) is 9.53. The Morgan fingerprint density at radius 1 is 1.33 bits per heavy atom. The summed E-state index contributed by atoms with van der Waals surface area (Å²) >= 11 is 0. The SMILES string of the molecule is CC(N)Cc1c(O)cccc1OC(C)C. The summed E-state index contributed by atoms with van der Waals surface area (Å²) in [6.45, 7) is 5.82. The molecule has 0 aromatic heterocycles. The molecule has 0 spiro atoms. The van der Waals surface area contributed by atoms with E-state index in [1.54, 1.807) is 12.1 Å². The van der Waals surface area contributed by atoms with Gasteiger partial charge in [-0.1, -0.05) is 6.07 Å². The zero-order chi connectivity index (χ0) is 11.4. The van der Waals surface area contributed by atoms with Crippen LogP contribution in [0.1, 0.15) is 26.3 Å². The largest absolute Gasteiger partial charge is 0.508 e. The van der Waals surface area contributed by atoms with Gasteiger partial charge >= 0.3 is 0 Å². The monoisotopic (exact) mass is 209 g/mol. The second kappa shape index (κ2) is 5.03. The Morgan fingerprint density at radius 3 is 2.53 bits per heavy atom. The molecule has 0 fully saturated rings. The number of phenolic OH excluding ortho intramolecular Hbond substituents is 1. The van der Waals surface area contributed by atoms with Crippen LogP contribution in [0.25, 0.3) is 0 Å². The molecule has 3 N–H and O–H groups in total. The van der Waals surface area contributed by atoms with Crippen molar-refractivity contribution < 1.29 is 9.84 Å². The van der Waals surface area contributed by atoms with Crippen molar-refractivity contribution in [2.75, 3.05) is 0 Å². The maximum absolute atomic E-state index is 9.72. The van der Waals surface area contributed by atoms with E-state index in [2.05, 4.69) is 0 Å². The average Bonchev–Trinajstić information content (AvgIpc) is 2.09. The molecule has 3 heteroatoms. The van der Waals surface area contributed by atoms with E-state index in [1.165, 1.54) is 0 Å². The number of ether oxygens (including phenoxy) is 1. The molecular weight excluding hydrogens is 190 g/mol. The molecule has 15 heavy (non-hydrogen) atoms. The van der Waals surface area contributed by atoms with Gasteiger partial charge in [0, 0.05) is 11.6 Å². The van der Waals surface area contributed by atoms with E-state index in [0.29, 0.717) is 6.42 Å². The molecule has 0 bridgehead atoms. The second-order valence-electron chi connectivity index (χ2n) is 4.10. The highest BCUT2D eigenvalue weighted by Crippen LogP contribution is 2.29. The highest BCUT2D eigenvalue weighted by Gasteiger charge is 2.11. The number of hydrogen-bond donors (Lipinski definition) is 2. The van der Waals surface area contributed by atoms with Crippen LogP contribution in [0.5, 0.6) is 11.5 Å². The third-order valence-corrected chi connectivity index (χ3v) is 2.00. The number of rotatable bonds is 4. The zero-order valence-electron chi connectivity index (χ0n) is 9.53. The molecule has 1 rings (SSSR count). The van der Waals surface area contributed by atoms with E-state index in [9.17, 15) is 5.11 Å². The van der Waals surface area contributed by atoms with Gasteiger partial charge in [-0.15, -0.1) is 0 Å². The van der Waals surface area contributed by atoms with Gasteiger partial charge in [-0.05, 0) is 39.3 Å². The normalized spacial score (nSPS) is 12.9. The molecule has 0 aliphatic carbocycles. The predicted octanol–water partition coefficient (Wildman–Crippen LogP) is 2.07. The fraction of sp³-hybridized carbons (Fsp3) is 0.500. The molecule has 0 aliphatic rings. The van der Waals surface area contributed by atoms with Crippen molar-refractivity contribution in [1.29, 1.82) is 0 Å². The average molecular weight is 209 g/mol. The Kier molecular flexibility index (Phi) is 3.97. The molecule has 3 nitrogen and oxygen atoms in total. The molecule has 84 valence electrons. The van der Waals surface area contributed by atoms with Gasteiger partial charge in [0.05, 0.1) is 6.10 Å². The topological polar surface area (TPSA) is 55.5 Å². The molecular formula is C12H19NO2. The summed E-state index contributed by atoms with van der Waals surface area (Å²) in [5.41, 5.74) is 6.52. The molecule has 0 amide bonds. The van der Waals surface area contributed by atoms with E-state index in [1.807, 2.05) is 26.8 Å². The second-order valence-corrected chi connectivity index (χ2v) is 4.10. The quantitative estimate of drug-likeness (QED) is 0.798. The first-order valence-electron chi connectivity index (χ1n) is 5.23. The lowest BCUT2D eigenvalue weighted by Crippen LogP contribution is -2.19. The minimum absolute atomic E-state index is 0.00723. The number of hydrogen-bond acceptors (Lipinski definition) is 3. The van der Waals surface area contributed by atoms with Gasteiger partial charge in [0.1, 0.15) is 11.5 Å². The fourth-order valence-electron chi connectivity index (χ4n) is 1.45. The Hall–Kier alpha value is -1.22. The third-order valence-electron chi connectivity index (χ3n) is 2.00. The highest BCUT2D eigenvalue weighted by molar-refractivity contribution is 5.44. The van der Waals surface area contributed by atoms with Gasteiger partial charge in [-0.2, -0.15) is 0 Å². The Bertz CT molecular complexity index is 321. The minimum Gasteiger partial charge on any atom is -0.508 e. The van der Waals surface area contributed by atoms with Crippen molar-refractivity contribution in [3.8, 4) is 11.5 Å². The molecule has 1 aromatic carbocycles. The maximum Gasteiger partial charge on any atom is 0.126 e. The van der Waals surface area contributed by atoms with Crippen LogP contribution in [-0.4, -0.2) is 17.3 Å². The Morgan fingerprint density at radius 2 is 2.00 bits per heavy atom. The van der Waals surface area contributed by atoms with Crippen LogP contribution in [0, 0.1) is 0 Å². The first kappa shape index (κ1) is 11.9. The first-order chi connectivity index (χ1) is 7.00. The minimum atomic E-state index is 0.00723. The van der Waals surface area contributed by atoms with Crippen molar-refractivity contribution in [1.82, 2.24) is 0 Å². The lowest BCUT2D eigenvalue weighted by Gasteiger charge is -2.16. The molecule has 0 heterocycles. The molecule has 0 saturated heterocycles.